The number of rotatable bonds is 3. The molecule has 7 aromatic rings. The van der Waals surface area contributed by atoms with Crippen LogP contribution >= 0.6 is 11.3 Å². The number of hydrogen-bond donors (Lipinski definition) is 0. The van der Waals surface area contributed by atoms with Crippen molar-refractivity contribution in [3.63, 3.8) is 0 Å². The Hall–Kier alpha value is -5.46. The average Bonchev–Trinajstić information content (AvgIpc) is 3.56. The minimum Gasteiger partial charge on any atom is -0.486 e. The molecule has 4 heterocycles. The SMILES string of the molecule is Cc1cc2c3c(c1)N(c1c(C)cc(C(C)(C)C)cc1C)c1c(sc4ccccc14)B3c1cc3c(cc1N2c1ccc(C(C)(C)C)cc1-c1ccccc1)OCCO3. The van der Waals surface area contributed by atoms with E-state index in [2.05, 4.69) is 181 Å². The summed E-state index contributed by atoms with van der Waals surface area (Å²) < 4.78 is 15.4. The fraction of sp³-hybridized carbons (Fsp3) is 0.255. The highest BCUT2D eigenvalue weighted by Crippen LogP contribution is 2.52. The van der Waals surface area contributed by atoms with Gasteiger partial charge in [-0.05, 0) is 112 Å². The molecule has 0 atom stereocenters. The van der Waals surface area contributed by atoms with Gasteiger partial charge < -0.3 is 19.3 Å². The van der Waals surface area contributed by atoms with Crippen molar-refractivity contribution in [1.29, 1.82) is 0 Å². The molecule has 0 amide bonds. The van der Waals surface area contributed by atoms with Crippen molar-refractivity contribution in [2.75, 3.05) is 23.0 Å². The van der Waals surface area contributed by atoms with E-state index < -0.39 is 0 Å². The number of aryl methyl sites for hydroxylation is 3. The second-order valence-corrected chi connectivity index (χ2v) is 19.3. The maximum Gasteiger partial charge on any atom is 0.264 e. The number of hydrogen-bond acceptors (Lipinski definition) is 5. The summed E-state index contributed by atoms with van der Waals surface area (Å²) >= 11 is 1.93. The quantitative estimate of drug-likeness (QED) is 0.167. The number of thiophene rings is 1. The predicted octanol–water partition coefficient (Wildman–Crippen LogP) is 11.9. The predicted molar refractivity (Wildman–Crippen MR) is 244 cm³/mol. The molecule has 6 aromatic carbocycles. The van der Waals surface area contributed by atoms with Crippen molar-refractivity contribution in [3.05, 3.63) is 137 Å². The number of fused-ring (bicyclic) bond motifs is 7. The molecule has 4 nitrogen and oxygen atoms in total. The summed E-state index contributed by atoms with van der Waals surface area (Å²) in [7, 11) is 0. The number of benzene rings is 6. The van der Waals surface area contributed by atoms with Gasteiger partial charge in [0.15, 0.2) is 11.5 Å². The van der Waals surface area contributed by atoms with E-state index in [4.69, 9.17) is 9.47 Å². The lowest BCUT2D eigenvalue weighted by atomic mass is 9.36. The first-order valence-corrected chi connectivity index (χ1v) is 21.1. The van der Waals surface area contributed by atoms with Gasteiger partial charge >= 0.3 is 0 Å². The van der Waals surface area contributed by atoms with Crippen molar-refractivity contribution in [1.82, 2.24) is 0 Å². The largest absolute Gasteiger partial charge is 0.486 e. The normalized spacial score (nSPS) is 14.4. The average molecular weight is 765 g/mol. The molecule has 3 aliphatic rings. The summed E-state index contributed by atoms with van der Waals surface area (Å²) in [5.74, 6) is 1.62. The topological polar surface area (TPSA) is 24.9 Å². The minimum atomic E-state index is -0.0178. The number of anilines is 6. The van der Waals surface area contributed by atoms with E-state index in [-0.39, 0.29) is 17.5 Å². The molecule has 0 N–H and O–H groups in total. The molecule has 0 saturated carbocycles. The van der Waals surface area contributed by atoms with Crippen LogP contribution < -0.4 is 35.0 Å². The molecule has 0 bridgehead atoms. The van der Waals surface area contributed by atoms with Crippen LogP contribution in [0.1, 0.15) is 69.4 Å². The second-order valence-electron chi connectivity index (χ2n) is 18.2. The Bertz CT molecular complexity index is 2750. The molecule has 0 aliphatic carbocycles. The summed E-state index contributed by atoms with van der Waals surface area (Å²) in [5, 5.41) is 1.29. The Balaban J connectivity index is 1.33. The summed E-state index contributed by atoms with van der Waals surface area (Å²) in [5.41, 5.74) is 18.7. The van der Waals surface area contributed by atoms with Crippen molar-refractivity contribution < 1.29 is 9.47 Å². The van der Waals surface area contributed by atoms with Crippen molar-refractivity contribution in [3.8, 4) is 22.6 Å². The van der Waals surface area contributed by atoms with Gasteiger partial charge in [-0.25, -0.2) is 0 Å². The summed E-state index contributed by atoms with van der Waals surface area (Å²) in [6.07, 6.45) is 0. The van der Waals surface area contributed by atoms with Crippen LogP contribution in [-0.4, -0.2) is 19.9 Å². The Labute approximate surface area is 341 Å². The van der Waals surface area contributed by atoms with E-state index in [1.165, 1.54) is 87.5 Å². The highest BCUT2D eigenvalue weighted by atomic mass is 32.1. The molecule has 0 spiro atoms. The van der Waals surface area contributed by atoms with Crippen LogP contribution in [0.2, 0.25) is 0 Å². The van der Waals surface area contributed by atoms with E-state index in [9.17, 15) is 0 Å². The van der Waals surface area contributed by atoms with Crippen LogP contribution in [0, 0.1) is 20.8 Å². The molecule has 3 aliphatic heterocycles. The standard InChI is InChI=1S/C51H49BN2O2S/c1-30-23-41-46-42(24-30)54(47-31(2)25-35(26-32(47)3)51(7,8)9)48-36-17-13-14-18-45(36)57-49(48)52(46)38-28-43-44(56-22-21-55-43)29-40(38)53(41)39-20-19-34(50(4,5)6)27-37(39)33-15-11-10-12-16-33/h10-20,23-29H,21-22H2,1-9H3. The van der Waals surface area contributed by atoms with E-state index in [0.717, 1.165) is 22.9 Å². The van der Waals surface area contributed by atoms with Gasteiger partial charge in [0.05, 0.1) is 17.1 Å². The molecule has 0 fully saturated rings. The Morgan fingerprint density at radius 1 is 0.579 bits per heavy atom. The maximum atomic E-state index is 6.38. The van der Waals surface area contributed by atoms with Gasteiger partial charge in [-0.3, -0.25) is 0 Å². The highest BCUT2D eigenvalue weighted by Gasteiger charge is 2.47. The zero-order valence-corrected chi connectivity index (χ0v) is 35.3. The smallest absolute Gasteiger partial charge is 0.264 e. The van der Waals surface area contributed by atoms with Crippen LogP contribution in [0.15, 0.2) is 109 Å². The zero-order valence-electron chi connectivity index (χ0n) is 34.5. The van der Waals surface area contributed by atoms with Gasteiger partial charge in [0.1, 0.15) is 13.2 Å². The van der Waals surface area contributed by atoms with Crippen LogP contribution in [0.3, 0.4) is 0 Å². The lowest BCUT2D eigenvalue weighted by Gasteiger charge is -2.44. The van der Waals surface area contributed by atoms with Crippen LogP contribution in [0.25, 0.3) is 21.2 Å². The van der Waals surface area contributed by atoms with E-state index in [0.29, 0.717) is 13.2 Å². The van der Waals surface area contributed by atoms with Gasteiger partial charge in [-0.1, -0.05) is 108 Å². The first-order valence-electron chi connectivity index (χ1n) is 20.3. The Morgan fingerprint density at radius 3 is 1.89 bits per heavy atom. The molecule has 0 radical (unpaired) electrons. The number of ether oxygens (including phenoxy) is 2. The van der Waals surface area contributed by atoms with E-state index in [1.807, 2.05) is 11.3 Å². The molecule has 10 rings (SSSR count). The molecule has 284 valence electrons. The maximum absolute atomic E-state index is 6.38. The highest BCUT2D eigenvalue weighted by molar-refractivity contribution is 7.33. The van der Waals surface area contributed by atoms with Crippen LogP contribution in [0.5, 0.6) is 11.5 Å². The van der Waals surface area contributed by atoms with Crippen LogP contribution in [0.4, 0.5) is 34.1 Å². The second kappa shape index (κ2) is 12.8. The molecular formula is C51H49BN2O2S. The molecule has 1 aromatic heterocycles. The van der Waals surface area contributed by atoms with Gasteiger partial charge in [0, 0.05) is 43.6 Å². The van der Waals surface area contributed by atoms with E-state index in [1.54, 1.807) is 0 Å². The van der Waals surface area contributed by atoms with Crippen molar-refractivity contribution in [2.45, 2.75) is 73.1 Å². The third kappa shape index (κ3) is 5.62. The third-order valence-corrected chi connectivity index (χ3v) is 13.4. The van der Waals surface area contributed by atoms with Gasteiger partial charge in [-0.15, -0.1) is 11.3 Å². The van der Waals surface area contributed by atoms with Gasteiger partial charge in [-0.2, -0.15) is 0 Å². The van der Waals surface area contributed by atoms with Crippen LogP contribution in [-0.2, 0) is 10.8 Å². The van der Waals surface area contributed by atoms with Crippen molar-refractivity contribution >= 4 is 78.0 Å². The summed E-state index contributed by atoms with van der Waals surface area (Å²) in [6.45, 7) is 21.7. The zero-order chi connectivity index (χ0) is 39.5. The fourth-order valence-electron chi connectivity index (χ4n) is 9.38. The van der Waals surface area contributed by atoms with Gasteiger partial charge in [0.2, 0.25) is 0 Å². The minimum absolute atomic E-state index is 0.00943. The molecule has 6 heteroatoms. The monoisotopic (exact) mass is 764 g/mol. The lowest BCUT2D eigenvalue weighted by molar-refractivity contribution is 0.172. The first-order chi connectivity index (χ1) is 27.3. The van der Waals surface area contributed by atoms with E-state index >= 15 is 0 Å². The first kappa shape index (κ1) is 35.9. The van der Waals surface area contributed by atoms with Crippen molar-refractivity contribution in [2.24, 2.45) is 0 Å². The number of nitrogens with zero attached hydrogens (tertiary/aromatic N) is 2. The molecule has 0 saturated heterocycles. The molecular weight excluding hydrogens is 715 g/mol. The summed E-state index contributed by atoms with van der Waals surface area (Å²) in [6, 6.07) is 41.2. The lowest BCUT2D eigenvalue weighted by Crippen LogP contribution is -2.60. The van der Waals surface area contributed by atoms with Gasteiger partial charge in [0.25, 0.3) is 6.71 Å². The molecule has 0 unspecified atom stereocenters. The summed E-state index contributed by atoms with van der Waals surface area (Å²) in [4.78, 5) is 5.15. The Kier molecular flexibility index (Phi) is 8.05. The molecule has 57 heavy (non-hydrogen) atoms. The Morgan fingerprint density at radius 2 is 1.21 bits per heavy atom. The fourth-order valence-corrected chi connectivity index (χ4v) is 10.7. The third-order valence-electron chi connectivity index (χ3n) is 12.1.